The number of rotatable bonds is 4. The van der Waals surface area contributed by atoms with Gasteiger partial charge in [-0.15, -0.1) is 0 Å². The molecule has 12 heavy (non-hydrogen) atoms. The van der Waals surface area contributed by atoms with E-state index in [0.717, 1.165) is 0 Å². The minimum absolute atomic E-state index is 0.0556. The molecule has 1 atom stereocenters. The predicted octanol–water partition coefficient (Wildman–Crippen LogP) is 1.40. The smallest absolute Gasteiger partial charge is 0.170 e. The molecular formula is C8H12FNO2. The van der Waals surface area contributed by atoms with Crippen molar-refractivity contribution in [2.45, 2.75) is 12.8 Å². The lowest BCUT2D eigenvalue weighted by molar-refractivity contribution is 0.158. The molecule has 1 unspecified atom stereocenters. The van der Waals surface area contributed by atoms with Crippen molar-refractivity contribution in [3.05, 3.63) is 23.7 Å². The molecule has 1 heterocycles. The number of halogens is 1. The van der Waals surface area contributed by atoms with E-state index in [-0.39, 0.29) is 12.3 Å². The number of ether oxygens (including phenoxy) is 1. The van der Waals surface area contributed by atoms with E-state index in [1.54, 1.807) is 19.2 Å². The third-order valence-electron chi connectivity index (χ3n) is 1.48. The second-order valence-electron chi connectivity index (χ2n) is 2.44. The lowest BCUT2D eigenvalue weighted by atomic mass is 10.3. The van der Waals surface area contributed by atoms with Crippen molar-refractivity contribution < 1.29 is 13.5 Å². The van der Waals surface area contributed by atoms with Gasteiger partial charge in [-0.1, -0.05) is 0 Å². The molecule has 0 spiro atoms. The van der Waals surface area contributed by atoms with Crippen LogP contribution in [-0.4, -0.2) is 13.7 Å². The Morgan fingerprint density at radius 3 is 3.00 bits per heavy atom. The van der Waals surface area contributed by atoms with Crippen molar-refractivity contribution in [3.8, 4) is 0 Å². The van der Waals surface area contributed by atoms with Crippen LogP contribution >= 0.6 is 0 Å². The summed E-state index contributed by atoms with van der Waals surface area (Å²) in [6, 6.07) is 3.26. The van der Waals surface area contributed by atoms with Crippen molar-refractivity contribution in [2.24, 2.45) is 5.73 Å². The van der Waals surface area contributed by atoms with Gasteiger partial charge in [0.2, 0.25) is 0 Å². The average Bonchev–Trinajstić information content (AvgIpc) is 2.52. The first kappa shape index (κ1) is 9.22. The van der Waals surface area contributed by atoms with E-state index >= 15 is 0 Å². The Labute approximate surface area is 70.3 Å². The second-order valence-corrected chi connectivity index (χ2v) is 2.44. The summed E-state index contributed by atoms with van der Waals surface area (Å²) in [7, 11) is 1.55. The van der Waals surface area contributed by atoms with Crippen LogP contribution in [0.5, 0.6) is 0 Å². The van der Waals surface area contributed by atoms with E-state index in [4.69, 9.17) is 14.9 Å². The molecule has 2 N–H and O–H groups in total. The van der Waals surface area contributed by atoms with Gasteiger partial charge in [0.05, 0.1) is 0 Å². The van der Waals surface area contributed by atoms with Crippen molar-refractivity contribution in [1.29, 1.82) is 0 Å². The minimum atomic E-state index is -1.21. The Morgan fingerprint density at radius 2 is 2.42 bits per heavy atom. The SMILES string of the molecule is COCc1ccc(C(F)CN)o1. The predicted molar refractivity (Wildman–Crippen MR) is 42.3 cm³/mol. The summed E-state index contributed by atoms with van der Waals surface area (Å²) in [4.78, 5) is 0. The molecule has 0 bridgehead atoms. The molecule has 0 aromatic carbocycles. The van der Waals surface area contributed by atoms with Gasteiger partial charge < -0.3 is 14.9 Å². The third kappa shape index (κ3) is 2.06. The Morgan fingerprint density at radius 1 is 1.67 bits per heavy atom. The molecule has 0 aliphatic rings. The highest BCUT2D eigenvalue weighted by Gasteiger charge is 2.11. The highest BCUT2D eigenvalue weighted by molar-refractivity contribution is 5.09. The average molecular weight is 173 g/mol. The molecule has 68 valence electrons. The van der Waals surface area contributed by atoms with Gasteiger partial charge >= 0.3 is 0 Å². The molecule has 0 aliphatic carbocycles. The number of alkyl halides is 1. The van der Waals surface area contributed by atoms with E-state index < -0.39 is 6.17 Å². The van der Waals surface area contributed by atoms with Gasteiger partial charge in [-0.25, -0.2) is 4.39 Å². The van der Waals surface area contributed by atoms with Crippen LogP contribution in [-0.2, 0) is 11.3 Å². The van der Waals surface area contributed by atoms with E-state index in [0.29, 0.717) is 12.4 Å². The lowest BCUT2D eigenvalue weighted by Crippen LogP contribution is -2.06. The molecule has 4 heteroatoms. The Hall–Kier alpha value is -0.870. The molecule has 0 radical (unpaired) electrons. The molecule has 0 saturated carbocycles. The summed E-state index contributed by atoms with van der Waals surface area (Å²) in [5, 5.41) is 0. The van der Waals surface area contributed by atoms with Crippen molar-refractivity contribution >= 4 is 0 Å². The van der Waals surface area contributed by atoms with Crippen LogP contribution in [0.1, 0.15) is 17.7 Å². The lowest BCUT2D eigenvalue weighted by Gasteiger charge is -1.99. The number of furan rings is 1. The van der Waals surface area contributed by atoms with Gasteiger partial charge in [-0.2, -0.15) is 0 Å². The number of methoxy groups -OCH3 is 1. The van der Waals surface area contributed by atoms with E-state index in [1.165, 1.54) is 0 Å². The first-order chi connectivity index (χ1) is 5.77. The number of hydrogen-bond donors (Lipinski definition) is 1. The zero-order valence-electron chi connectivity index (χ0n) is 6.92. The van der Waals surface area contributed by atoms with Crippen LogP contribution in [0.2, 0.25) is 0 Å². The highest BCUT2D eigenvalue weighted by atomic mass is 19.1. The summed E-state index contributed by atoms with van der Waals surface area (Å²) in [5.41, 5.74) is 5.12. The van der Waals surface area contributed by atoms with Gasteiger partial charge in [0.25, 0.3) is 0 Å². The van der Waals surface area contributed by atoms with Crippen LogP contribution in [0.3, 0.4) is 0 Å². The Balaban J connectivity index is 2.63. The largest absolute Gasteiger partial charge is 0.460 e. The standard InChI is InChI=1S/C8H12FNO2/c1-11-5-6-2-3-8(12-6)7(9)4-10/h2-3,7H,4-5,10H2,1H3. The number of hydrogen-bond acceptors (Lipinski definition) is 3. The van der Waals surface area contributed by atoms with Gasteiger partial charge in [0.1, 0.15) is 18.1 Å². The maximum absolute atomic E-state index is 12.9. The molecule has 0 aliphatic heterocycles. The van der Waals surface area contributed by atoms with E-state index in [9.17, 15) is 4.39 Å². The maximum Gasteiger partial charge on any atom is 0.170 e. The van der Waals surface area contributed by atoms with E-state index in [2.05, 4.69) is 0 Å². The van der Waals surface area contributed by atoms with Gasteiger partial charge in [-0.3, -0.25) is 0 Å². The third-order valence-corrected chi connectivity index (χ3v) is 1.48. The summed E-state index contributed by atoms with van der Waals surface area (Å²) >= 11 is 0. The zero-order valence-corrected chi connectivity index (χ0v) is 6.92. The Bertz CT molecular complexity index is 237. The normalized spacial score (nSPS) is 13.2. The van der Waals surface area contributed by atoms with Crippen molar-refractivity contribution in [2.75, 3.05) is 13.7 Å². The summed E-state index contributed by atoms with van der Waals surface area (Å²) in [5.74, 6) is 0.883. The molecule has 3 nitrogen and oxygen atoms in total. The molecule has 1 aromatic rings. The molecule has 0 saturated heterocycles. The molecular weight excluding hydrogens is 161 g/mol. The first-order valence-corrected chi connectivity index (χ1v) is 3.69. The maximum atomic E-state index is 12.9. The molecule has 1 aromatic heterocycles. The van der Waals surface area contributed by atoms with Crippen LogP contribution in [0.4, 0.5) is 4.39 Å². The summed E-state index contributed by atoms with van der Waals surface area (Å²) in [6.45, 7) is 0.303. The van der Waals surface area contributed by atoms with Crippen molar-refractivity contribution in [3.63, 3.8) is 0 Å². The minimum Gasteiger partial charge on any atom is -0.460 e. The second kappa shape index (κ2) is 4.23. The summed E-state index contributed by atoms with van der Waals surface area (Å²) < 4.78 is 22.8. The highest BCUT2D eigenvalue weighted by Crippen LogP contribution is 2.19. The van der Waals surface area contributed by atoms with Gasteiger partial charge in [-0.05, 0) is 12.1 Å². The fraction of sp³-hybridized carbons (Fsp3) is 0.500. The monoisotopic (exact) mass is 173 g/mol. The number of nitrogens with two attached hydrogens (primary N) is 1. The Kier molecular flexibility index (Phi) is 3.25. The van der Waals surface area contributed by atoms with E-state index in [1.807, 2.05) is 0 Å². The fourth-order valence-electron chi connectivity index (χ4n) is 0.899. The zero-order chi connectivity index (χ0) is 8.97. The fourth-order valence-corrected chi connectivity index (χ4v) is 0.899. The van der Waals surface area contributed by atoms with Crippen LogP contribution < -0.4 is 5.73 Å². The quantitative estimate of drug-likeness (QED) is 0.748. The first-order valence-electron chi connectivity index (χ1n) is 3.69. The summed E-state index contributed by atoms with van der Waals surface area (Å²) in [6.07, 6.45) is -1.21. The van der Waals surface area contributed by atoms with Gasteiger partial charge in [0, 0.05) is 13.7 Å². The molecule has 0 fully saturated rings. The van der Waals surface area contributed by atoms with Gasteiger partial charge in [0.15, 0.2) is 6.17 Å². The van der Waals surface area contributed by atoms with Crippen LogP contribution in [0, 0.1) is 0 Å². The van der Waals surface area contributed by atoms with Crippen LogP contribution in [0.25, 0.3) is 0 Å². The molecule has 1 rings (SSSR count). The topological polar surface area (TPSA) is 48.4 Å². The van der Waals surface area contributed by atoms with Crippen molar-refractivity contribution in [1.82, 2.24) is 0 Å². The molecule has 0 amide bonds. The van der Waals surface area contributed by atoms with Crippen LogP contribution in [0.15, 0.2) is 16.5 Å².